The van der Waals surface area contributed by atoms with E-state index in [4.69, 9.17) is 11.6 Å². The molecule has 1 saturated carbocycles. The first-order chi connectivity index (χ1) is 13.5. The van der Waals surface area contributed by atoms with Crippen LogP contribution >= 0.6 is 11.6 Å². The molecule has 1 N–H and O–H groups in total. The number of nitrogens with zero attached hydrogens (tertiary/aromatic N) is 1. The van der Waals surface area contributed by atoms with E-state index in [9.17, 15) is 14.0 Å². The van der Waals surface area contributed by atoms with E-state index in [0.717, 1.165) is 18.4 Å². The van der Waals surface area contributed by atoms with Gasteiger partial charge < -0.3 is 9.88 Å². The Kier molecular flexibility index (Phi) is 5.18. The second-order valence-electron chi connectivity index (χ2n) is 7.29. The van der Waals surface area contributed by atoms with Gasteiger partial charge in [-0.2, -0.15) is 0 Å². The average Bonchev–Trinajstić information content (AvgIpc) is 3.51. The maximum Gasteiger partial charge on any atom is 0.259 e. The van der Waals surface area contributed by atoms with Gasteiger partial charge in [-0.15, -0.1) is 0 Å². The van der Waals surface area contributed by atoms with Gasteiger partial charge in [0.2, 0.25) is 5.43 Å². The predicted octanol–water partition coefficient (Wildman–Crippen LogP) is 4.42. The van der Waals surface area contributed by atoms with Crippen LogP contribution in [0, 0.1) is 11.7 Å². The number of aromatic nitrogens is 1. The molecule has 0 aliphatic heterocycles. The maximum absolute atomic E-state index is 13.6. The van der Waals surface area contributed by atoms with E-state index in [1.807, 2.05) is 24.3 Å². The number of aromatic amines is 1. The van der Waals surface area contributed by atoms with E-state index < -0.39 is 11.2 Å². The van der Waals surface area contributed by atoms with Crippen molar-refractivity contribution < 1.29 is 9.18 Å². The number of benzene rings is 2. The van der Waals surface area contributed by atoms with Gasteiger partial charge in [-0.3, -0.25) is 9.59 Å². The summed E-state index contributed by atoms with van der Waals surface area (Å²) < 4.78 is 13.6. The van der Waals surface area contributed by atoms with Crippen molar-refractivity contribution in [3.05, 3.63) is 80.9 Å². The Balaban J connectivity index is 1.59. The van der Waals surface area contributed by atoms with Gasteiger partial charge in [0.05, 0.1) is 0 Å². The number of rotatable bonds is 6. The number of amides is 1. The van der Waals surface area contributed by atoms with Crippen LogP contribution in [-0.4, -0.2) is 28.9 Å². The van der Waals surface area contributed by atoms with Crippen LogP contribution in [0.3, 0.4) is 0 Å². The van der Waals surface area contributed by atoms with Crippen LogP contribution in [0.15, 0.2) is 53.5 Å². The van der Waals surface area contributed by atoms with Crippen molar-refractivity contribution in [3.63, 3.8) is 0 Å². The fourth-order valence-electron chi connectivity index (χ4n) is 3.32. The molecule has 0 saturated heterocycles. The highest BCUT2D eigenvalue weighted by atomic mass is 35.5. The average molecular weight is 399 g/mol. The summed E-state index contributed by atoms with van der Waals surface area (Å²) in [6.07, 6.45) is 4.32. The van der Waals surface area contributed by atoms with Crippen LogP contribution in [0.1, 0.15) is 28.8 Å². The molecule has 2 aromatic carbocycles. The third-order valence-corrected chi connectivity index (χ3v) is 5.37. The molecule has 1 amide bonds. The molecule has 0 radical (unpaired) electrons. The normalized spacial score (nSPS) is 13.6. The monoisotopic (exact) mass is 398 g/mol. The summed E-state index contributed by atoms with van der Waals surface area (Å²) in [7, 11) is 0. The van der Waals surface area contributed by atoms with Crippen molar-refractivity contribution in [3.8, 4) is 0 Å². The molecule has 0 spiro atoms. The largest absolute Gasteiger partial charge is 0.360 e. The summed E-state index contributed by atoms with van der Waals surface area (Å²) in [6, 6.07) is 11.5. The Labute approximate surface area is 166 Å². The molecule has 3 aromatic rings. The molecule has 0 unspecified atom stereocenters. The molecule has 0 atom stereocenters. The van der Waals surface area contributed by atoms with Crippen molar-refractivity contribution in [1.29, 1.82) is 0 Å². The minimum atomic E-state index is -0.500. The van der Waals surface area contributed by atoms with E-state index in [1.54, 1.807) is 4.90 Å². The lowest BCUT2D eigenvalue weighted by atomic mass is 10.1. The smallest absolute Gasteiger partial charge is 0.259 e. The number of nitrogens with one attached hydrogen (secondary N) is 1. The molecule has 1 aliphatic rings. The summed E-state index contributed by atoms with van der Waals surface area (Å²) in [5.41, 5.74) is 1.20. The molecule has 144 valence electrons. The van der Waals surface area contributed by atoms with Crippen LogP contribution in [0.2, 0.25) is 5.02 Å². The van der Waals surface area contributed by atoms with E-state index in [-0.39, 0.29) is 16.9 Å². The highest BCUT2D eigenvalue weighted by Gasteiger charge is 2.28. The summed E-state index contributed by atoms with van der Waals surface area (Å²) in [6.45, 7) is 1.14. The zero-order valence-electron chi connectivity index (χ0n) is 15.3. The number of pyridine rings is 1. The lowest BCUT2D eigenvalue weighted by Crippen LogP contribution is -2.37. The Morgan fingerprint density at radius 1 is 1.18 bits per heavy atom. The third kappa shape index (κ3) is 4.09. The van der Waals surface area contributed by atoms with E-state index >= 15 is 0 Å². The van der Waals surface area contributed by atoms with Crippen molar-refractivity contribution in [2.75, 3.05) is 13.1 Å². The van der Waals surface area contributed by atoms with Gasteiger partial charge in [0.1, 0.15) is 11.4 Å². The molecule has 6 heteroatoms. The number of halogens is 2. The topological polar surface area (TPSA) is 53.2 Å². The van der Waals surface area contributed by atoms with Crippen molar-refractivity contribution in [1.82, 2.24) is 9.88 Å². The lowest BCUT2D eigenvalue weighted by molar-refractivity contribution is 0.0748. The number of fused-ring (bicyclic) bond motifs is 1. The summed E-state index contributed by atoms with van der Waals surface area (Å²) >= 11 is 5.93. The first kappa shape index (κ1) is 18.7. The second-order valence-corrected chi connectivity index (χ2v) is 7.73. The van der Waals surface area contributed by atoms with E-state index in [0.29, 0.717) is 36.0 Å². The SMILES string of the molecule is O=C(c1c[nH]c2ccc(F)cc2c1=O)N(CCc1ccc(Cl)cc1)CC1CC1. The Hall–Kier alpha value is -2.66. The molecule has 28 heavy (non-hydrogen) atoms. The zero-order valence-corrected chi connectivity index (χ0v) is 16.0. The number of carbonyl (C=O) groups excluding carboxylic acids is 1. The first-order valence-electron chi connectivity index (χ1n) is 9.36. The van der Waals surface area contributed by atoms with Gasteiger partial charge in [0, 0.05) is 35.2 Å². The minimum Gasteiger partial charge on any atom is -0.360 e. The molecule has 1 aliphatic carbocycles. The van der Waals surface area contributed by atoms with Crippen molar-refractivity contribution in [2.24, 2.45) is 5.92 Å². The van der Waals surface area contributed by atoms with Gasteiger partial charge >= 0.3 is 0 Å². The van der Waals surface area contributed by atoms with Crippen molar-refractivity contribution in [2.45, 2.75) is 19.3 Å². The molecular weight excluding hydrogens is 379 g/mol. The highest BCUT2D eigenvalue weighted by Crippen LogP contribution is 2.30. The zero-order chi connectivity index (χ0) is 19.7. The van der Waals surface area contributed by atoms with Gasteiger partial charge in [-0.25, -0.2) is 4.39 Å². The van der Waals surface area contributed by atoms with Crippen LogP contribution in [0.4, 0.5) is 4.39 Å². The minimum absolute atomic E-state index is 0.0508. The van der Waals surface area contributed by atoms with Crippen LogP contribution in [0.25, 0.3) is 10.9 Å². The number of hydrogen-bond donors (Lipinski definition) is 1. The standard InChI is InChI=1S/C22H20ClFN2O2/c23-16-5-3-14(4-6-16)9-10-26(13-15-1-2-15)22(28)19-12-25-20-8-7-17(24)11-18(20)21(19)27/h3-8,11-12,15H,1-2,9-10,13H2,(H,25,27). The lowest BCUT2D eigenvalue weighted by Gasteiger charge is -2.22. The highest BCUT2D eigenvalue weighted by molar-refractivity contribution is 6.30. The number of carbonyl (C=O) groups is 1. The molecule has 1 fully saturated rings. The van der Waals surface area contributed by atoms with E-state index in [1.165, 1.54) is 24.4 Å². The third-order valence-electron chi connectivity index (χ3n) is 5.12. The van der Waals surface area contributed by atoms with Gasteiger partial charge in [0.15, 0.2) is 0 Å². The Bertz CT molecular complexity index is 1070. The fraction of sp³-hybridized carbons (Fsp3) is 0.273. The molecule has 4 nitrogen and oxygen atoms in total. The van der Waals surface area contributed by atoms with E-state index in [2.05, 4.69) is 4.98 Å². The quantitative estimate of drug-likeness (QED) is 0.668. The van der Waals surface area contributed by atoms with Crippen molar-refractivity contribution >= 4 is 28.4 Å². The molecule has 1 aromatic heterocycles. The maximum atomic E-state index is 13.6. The number of H-pyrrole nitrogens is 1. The van der Waals surface area contributed by atoms with Gasteiger partial charge in [-0.05, 0) is 61.1 Å². The summed E-state index contributed by atoms with van der Waals surface area (Å²) in [4.78, 5) is 30.6. The summed E-state index contributed by atoms with van der Waals surface area (Å²) in [5.74, 6) is -0.320. The molecule has 4 rings (SSSR count). The Morgan fingerprint density at radius 3 is 2.64 bits per heavy atom. The van der Waals surface area contributed by atoms with Crippen LogP contribution < -0.4 is 5.43 Å². The summed E-state index contributed by atoms with van der Waals surface area (Å²) in [5, 5.41) is 0.861. The Morgan fingerprint density at radius 2 is 1.93 bits per heavy atom. The predicted molar refractivity (Wildman–Crippen MR) is 108 cm³/mol. The molecule has 1 heterocycles. The van der Waals surface area contributed by atoms with Gasteiger partial charge in [0.25, 0.3) is 5.91 Å². The first-order valence-corrected chi connectivity index (χ1v) is 9.74. The molecule has 0 bridgehead atoms. The fourth-order valence-corrected chi connectivity index (χ4v) is 3.45. The second kappa shape index (κ2) is 7.76. The number of hydrogen-bond acceptors (Lipinski definition) is 2. The van der Waals surface area contributed by atoms with Crippen LogP contribution in [0.5, 0.6) is 0 Å². The van der Waals surface area contributed by atoms with Crippen LogP contribution in [-0.2, 0) is 6.42 Å². The molecular formula is C22H20ClFN2O2. The van der Waals surface area contributed by atoms with Gasteiger partial charge in [-0.1, -0.05) is 23.7 Å².